The summed E-state index contributed by atoms with van der Waals surface area (Å²) in [6.45, 7) is 18.0. The van der Waals surface area contributed by atoms with Crippen molar-refractivity contribution in [1.29, 1.82) is 0 Å². The van der Waals surface area contributed by atoms with Crippen LogP contribution < -0.4 is 0 Å². The fourth-order valence-electron chi connectivity index (χ4n) is 0. The van der Waals surface area contributed by atoms with Crippen molar-refractivity contribution < 1.29 is 38.7 Å². The van der Waals surface area contributed by atoms with E-state index >= 15 is 0 Å². The van der Waals surface area contributed by atoms with Gasteiger partial charge in [0.05, 0.1) is 0 Å². The molecule has 4 nitrogen and oxygen atoms in total. The Balaban J connectivity index is -0.00000000356. The molecule has 8 radical (unpaired) electrons. The van der Waals surface area contributed by atoms with E-state index in [1.807, 2.05) is 0 Å². The molecule has 0 fully saturated rings. The molecule has 0 aromatic rings. The van der Waals surface area contributed by atoms with Crippen LogP contribution in [0.1, 0.15) is 0 Å². The Morgan fingerprint density at radius 1 is 0.455 bits per heavy atom. The summed E-state index contributed by atoms with van der Waals surface area (Å²) in [6.07, 6.45) is 0. The van der Waals surface area contributed by atoms with Gasteiger partial charge in [0.1, 0.15) is 0 Å². The second-order valence-corrected chi connectivity index (χ2v) is 0. The van der Waals surface area contributed by atoms with E-state index in [0.717, 1.165) is 0 Å². The van der Waals surface area contributed by atoms with Crippen LogP contribution in [0.5, 0.6) is 0 Å². The van der Waals surface area contributed by atoms with Gasteiger partial charge in [-0.3, -0.25) is 19.2 Å². The van der Waals surface area contributed by atoms with Gasteiger partial charge >= 0.3 is 103 Å². The zero-order valence-corrected chi connectivity index (χ0v) is 5.72. The first-order valence-electron chi connectivity index (χ1n) is 0.816. The van der Waals surface area contributed by atoms with Crippen LogP contribution in [0.4, 0.5) is 0 Å². The van der Waals surface area contributed by atoms with Gasteiger partial charge < -0.3 is 0 Å². The first-order chi connectivity index (χ1) is 4.00. The molecule has 0 aliphatic heterocycles. The zero-order chi connectivity index (χ0) is 8.00. The van der Waals surface area contributed by atoms with E-state index < -0.39 is 0 Å². The van der Waals surface area contributed by atoms with E-state index in [0.29, 0.717) is 0 Å². The van der Waals surface area contributed by atoms with Gasteiger partial charge in [0.2, 0.25) is 0 Å². The first kappa shape index (κ1) is 49.7. The van der Waals surface area contributed by atoms with Crippen LogP contribution in [-0.2, 0) is 38.7 Å². The molecule has 11 heavy (non-hydrogen) atoms. The predicted molar refractivity (Wildman–Crippen MR) is 37.1 cm³/mol. The molecule has 0 spiro atoms. The number of hydrogen-bond donors (Lipinski definition) is 0. The minimum Gasteiger partial charge on any atom is 0 e. The molecule has 0 saturated heterocycles. The second-order valence-electron chi connectivity index (χ2n) is 0. The summed E-state index contributed by atoms with van der Waals surface area (Å²) >= 11 is 0. The molecule has 0 heterocycles. The summed E-state index contributed by atoms with van der Waals surface area (Å²) in [6, 6.07) is 0. The number of carbonyl (C=O) groups excluding carboxylic acids is 4. The third-order valence-corrected chi connectivity index (χ3v) is 0. The molecule has 0 N–H and O–H groups in total. The van der Waals surface area contributed by atoms with E-state index in [1.54, 1.807) is 0 Å². The van der Waals surface area contributed by atoms with Crippen LogP contribution in [0, 0.1) is 0 Å². The van der Waals surface area contributed by atoms with Crippen LogP contribution >= 0.6 is 0 Å². The van der Waals surface area contributed by atoms with Gasteiger partial charge in [0.15, 0.2) is 0 Å². The Morgan fingerprint density at radius 2 is 0.455 bits per heavy atom. The number of rotatable bonds is 0. The Labute approximate surface area is 164 Å². The zero-order valence-electron chi connectivity index (χ0n) is 3.99. The Kier molecular flexibility index (Phi) is 1150. The molecule has 0 aliphatic carbocycles. The van der Waals surface area contributed by atoms with Crippen LogP contribution in [-0.4, -0.2) is 130 Å². The minimum atomic E-state index is 0. The summed E-state index contributed by atoms with van der Waals surface area (Å²) in [7, 11) is 0. The van der Waals surface area contributed by atoms with Crippen molar-refractivity contribution in [2.24, 2.45) is 0 Å². The van der Waals surface area contributed by atoms with Gasteiger partial charge in [0.25, 0.3) is 27.2 Å². The van der Waals surface area contributed by atoms with E-state index in [1.165, 1.54) is 0 Å². The van der Waals surface area contributed by atoms with Gasteiger partial charge in [-0.1, -0.05) is 0 Å². The molecule has 0 bridgehead atoms. The van der Waals surface area contributed by atoms with Gasteiger partial charge in [0, 0.05) is 19.5 Å². The largest absolute Gasteiger partial charge is 0 e. The smallest absolute Gasteiger partial charge is 0 e. The normalized spacial score (nSPS) is 1.45. The molecule has 0 aliphatic rings. The Hall–Kier alpha value is 2.58. The topological polar surface area (TPSA) is 68.3 Å². The molecule has 0 aromatic heterocycles. The molecule has 0 rings (SSSR count). The number of hydrogen-bond acceptors (Lipinski definition) is 4. The van der Waals surface area contributed by atoms with Crippen molar-refractivity contribution in [2.75, 3.05) is 0 Å². The Morgan fingerprint density at radius 3 is 0.455 bits per heavy atom. The van der Waals surface area contributed by atoms with Crippen molar-refractivity contribution in [3.63, 3.8) is 0 Å². The first-order valence-corrected chi connectivity index (χ1v) is 0.816. The van der Waals surface area contributed by atoms with E-state index in [4.69, 9.17) is 19.2 Å². The van der Waals surface area contributed by atoms with Gasteiger partial charge in [-0.15, -0.1) is 0 Å². The standard InChI is InChI=1S/4CO.2K.Ru.2H/c4*1-2;;;;;. The summed E-state index contributed by atoms with van der Waals surface area (Å²) in [5.74, 6) is 0. The summed E-state index contributed by atoms with van der Waals surface area (Å²) in [5, 5.41) is 0. The molecule has 0 amide bonds. The quantitative estimate of drug-likeness (QED) is 0.450. The van der Waals surface area contributed by atoms with Crippen molar-refractivity contribution in [2.45, 2.75) is 0 Å². The monoisotopic (exact) mass is 294 g/mol. The van der Waals surface area contributed by atoms with E-state index in [9.17, 15) is 0 Å². The maximum absolute atomic E-state index is 7.50. The fraction of sp³-hybridized carbons (Fsp3) is 0. The van der Waals surface area contributed by atoms with Gasteiger partial charge in [-0.2, -0.15) is 0 Å². The molecule has 52 valence electrons. The Bertz CT molecular complexity index is 28.1. The van der Waals surface area contributed by atoms with Gasteiger partial charge in [-0.25, -0.2) is 0 Å². The maximum Gasteiger partial charge on any atom is 0 e. The van der Waals surface area contributed by atoms with Crippen molar-refractivity contribution in [1.82, 2.24) is 0 Å². The molecule has 0 unspecified atom stereocenters. The summed E-state index contributed by atoms with van der Waals surface area (Å²) in [4.78, 5) is 30.0. The molecule has 7 heteroatoms. The van der Waals surface area contributed by atoms with Gasteiger partial charge in [-0.05, 0) is 0 Å². The van der Waals surface area contributed by atoms with Crippen LogP contribution in [0.2, 0.25) is 0 Å². The van der Waals surface area contributed by atoms with Crippen molar-refractivity contribution >= 4 is 130 Å². The predicted octanol–water partition coefficient (Wildman–Crippen LogP) is -2.89. The van der Waals surface area contributed by atoms with E-state index in [2.05, 4.69) is 27.2 Å². The second kappa shape index (κ2) is 254. The average Bonchev–Trinajstić information content (AvgIpc) is 2.03. The molecule has 0 atom stereocenters. The molecule has 0 aromatic carbocycles. The summed E-state index contributed by atoms with van der Waals surface area (Å²) < 4.78 is 0. The summed E-state index contributed by atoms with van der Waals surface area (Å²) in [5.41, 5.74) is 0. The maximum atomic E-state index is 7.50. The van der Waals surface area contributed by atoms with Crippen molar-refractivity contribution in [3.05, 3.63) is 0 Å². The fourth-order valence-corrected chi connectivity index (χ4v) is 0. The van der Waals surface area contributed by atoms with E-state index in [-0.39, 0.29) is 122 Å². The average molecular weight is 293 g/mol. The molecular formula is C4H2K2O4Ru. The van der Waals surface area contributed by atoms with Crippen molar-refractivity contribution in [3.8, 4) is 0 Å². The third-order valence-electron chi connectivity index (χ3n) is 0. The van der Waals surface area contributed by atoms with Crippen LogP contribution in [0.15, 0.2) is 0 Å². The SMILES string of the molecule is [C]=O.[C]=O.[C]=O.[C]=O.[KH].[KH].[Ru]. The van der Waals surface area contributed by atoms with Crippen LogP contribution in [0.25, 0.3) is 0 Å². The molecular weight excluding hydrogens is 291 g/mol. The third kappa shape index (κ3) is 212. The molecule has 0 saturated carbocycles. The minimum absolute atomic E-state index is 0. The van der Waals surface area contributed by atoms with Crippen LogP contribution in [0.3, 0.4) is 0 Å².